The van der Waals surface area contributed by atoms with Gasteiger partial charge >= 0.3 is 5.97 Å². The number of carbonyl (C=O) groups excluding carboxylic acids is 3. The van der Waals surface area contributed by atoms with Gasteiger partial charge in [0.1, 0.15) is 0 Å². The molecule has 0 atom stereocenters. The summed E-state index contributed by atoms with van der Waals surface area (Å²) in [6.45, 7) is 3.53. The van der Waals surface area contributed by atoms with Gasteiger partial charge in [-0.2, -0.15) is 5.10 Å². The number of methoxy groups -OCH3 is 1. The lowest BCUT2D eigenvalue weighted by Crippen LogP contribution is -2.35. The van der Waals surface area contributed by atoms with Crippen molar-refractivity contribution in [3.05, 3.63) is 94.5 Å². The molecular formula is C26H25N3O5. The third kappa shape index (κ3) is 6.52. The summed E-state index contributed by atoms with van der Waals surface area (Å²) in [5, 5.41) is 6.45. The molecule has 0 heterocycles. The molecule has 8 heteroatoms. The van der Waals surface area contributed by atoms with E-state index < -0.39 is 11.9 Å². The van der Waals surface area contributed by atoms with E-state index in [0.29, 0.717) is 22.4 Å². The fourth-order valence-electron chi connectivity index (χ4n) is 3.00. The fourth-order valence-corrected chi connectivity index (χ4v) is 3.00. The Hall–Kier alpha value is -4.46. The molecule has 0 aliphatic heterocycles. The van der Waals surface area contributed by atoms with Gasteiger partial charge in [0.05, 0.1) is 25.4 Å². The number of hydrogen-bond acceptors (Lipinski definition) is 6. The second-order valence-corrected chi connectivity index (χ2v) is 7.46. The molecule has 3 aromatic rings. The van der Waals surface area contributed by atoms with Crippen LogP contribution in [0.2, 0.25) is 0 Å². The van der Waals surface area contributed by atoms with Gasteiger partial charge in [-0.05, 0) is 61.4 Å². The van der Waals surface area contributed by atoms with Crippen LogP contribution in [-0.4, -0.2) is 37.7 Å². The maximum atomic E-state index is 12.4. The highest BCUT2D eigenvalue weighted by molar-refractivity contribution is 5.97. The first-order chi connectivity index (χ1) is 16.4. The summed E-state index contributed by atoms with van der Waals surface area (Å²) < 4.78 is 10.8. The molecule has 2 amide bonds. The summed E-state index contributed by atoms with van der Waals surface area (Å²) in [4.78, 5) is 36.5. The van der Waals surface area contributed by atoms with E-state index in [2.05, 4.69) is 15.8 Å². The summed E-state index contributed by atoms with van der Waals surface area (Å²) in [7, 11) is 1.46. The highest BCUT2D eigenvalue weighted by atomic mass is 16.6. The van der Waals surface area contributed by atoms with Crippen LogP contribution < -0.4 is 20.2 Å². The topological polar surface area (TPSA) is 106 Å². The SMILES string of the molecule is COc1cc(/C=N/NC(=O)CNC(=O)c2ccccc2C)ccc1OC(=O)c1ccc(C)cc1. The van der Waals surface area contributed by atoms with Crippen LogP contribution in [0.15, 0.2) is 71.8 Å². The van der Waals surface area contributed by atoms with Crippen LogP contribution in [0.25, 0.3) is 0 Å². The highest BCUT2D eigenvalue weighted by Crippen LogP contribution is 2.28. The molecule has 0 bridgehead atoms. The Kier molecular flexibility index (Phi) is 8.12. The molecule has 3 aromatic carbocycles. The maximum Gasteiger partial charge on any atom is 0.343 e. The zero-order valence-corrected chi connectivity index (χ0v) is 19.1. The first-order valence-electron chi connectivity index (χ1n) is 10.5. The number of nitrogens with one attached hydrogen (secondary N) is 2. The number of rotatable bonds is 8. The average Bonchev–Trinajstić information content (AvgIpc) is 2.84. The summed E-state index contributed by atoms with van der Waals surface area (Å²) in [6.07, 6.45) is 1.41. The molecule has 0 spiro atoms. The molecule has 0 aliphatic rings. The van der Waals surface area contributed by atoms with Crippen molar-refractivity contribution in [2.24, 2.45) is 5.10 Å². The van der Waals surface area contributed by atoms with E-state index in [1.54, 1.807) is 42.5 Å². The number of aryl methyl sites for hydroxylation is 2. The molecule has 174 valence electrons. The lowest BCUT2D eigenvalue weighted by atomic mass is 10.1. The highest BCUT2D eigenvalue weighted by Gasteiger charge is 2.13. The van der Waals surface area contributed by atoms with E-state index in [0.717, 1.165) is 11.1 Å². The molecule has 0 unspecified atom stereocenters. The second kappa shape index (κ2) is 11.4. The summed E-state index contributed by atoms with van der Waals surface area (Å²) in [6, 6.07) is 19.0. The van der Waals surface area contributed by atoms with Gasteiger partial charge < -0.3 is 14.8 Å². The molecule has 0 fully saturated rings. The Bertz CT molecular complexity index is 1220. The minimum atomic E-state index is -0.500. The van der Waals surface area contributed by atoms with Gasteiger partial charge in [0, 0.05) is 5.56 Å². The molecule has 0 aromatic heterocycles. The Morgan fingerprint density at radius 1 is 0.941 bits per heavy atom. The van der Waals surface area contributed by atoms with Crippen molar-refractivity contribution < 1.29 is 23.9 Å². The molecule has 34 heavy (non-hydrogen) atoms. The second-order valence-electron chi connectivity index (χ2n) is 7.46. The van der Waals surface area contributed by atoms with Gasteiger partial charge in [-0.25, -0.2) is 10.2 Å². The van der Waals surface area contributed by atoms with Gasteiger partial charge in [0.2, 0.25) is 0 Å². The van der Waals surface area contributed by atoms with Crippen LogP contribution in [0.4, 0.5) is 0 Å². The number of carbonyl (C=O) groups is 3. The van der Waals surface area contributed by atoms with E-state index in [1.807, 2.05) is 38.1 Å². The van der Waals surface area contributed by atoms with Crippen LogP contribution in [0.5, 0.6) is 11.5 Å². The molecule has 2 N–H and O–H groups in total. The zero-order valence-electron chi connectivity index (χ0n) is 19.1. The monoisotopic (exact) mass is 459 g/mol. The van der Waals surface area contributed by atoms with Crippen molar-refractivity contribution in [2.75, 3.05) is 13.7 Å². The van der Waals surface area contributed by atoms with Crippen LogP contribution in [-0.2, 0) is 4.79 Å². The van der Waals surface area contributed by atoms with Crippen LogP contribution >= 0.6 is 0 Å². The summed E-state index contributed by atoms with van der Waals surface area (Å²) in [5.41, 5.74) is 5.76. The molecule has 8 nitrogen and oxygen atoms in total. The van der Waals surface area contributed by atoms with Crippen molar-refractivity contribution in [3.8, 4) is 11.5 Å². The zero-order chi connectivity index (χ0) is 24.5. The predicted octanol–water partition coefficient (Wildman–Crippen LogP) is 3.41. The van der Waals surface area contributed by atoms with Crippen LogP contribution in [0.3, 0.4) is 0 Å². The Balaban J connectivity index is 1.54. The van der Waals surface area contributed by atoms with Crippen LogP contribution in [0, 0.1) is 13.8 Å². The number of hydrazone groups is 1. The van der Waals surface area contributed by atoms with Gasteiger partial charge in [0.15, 0.2) is 11.5 Å². The van der Waals surface area contributed by atoms with E-state index in [4.69, 9.17) is 9.47 Å². The maximum absolute atomic E-state index is 12.4. The van der Waals surface area contributed by atoms with E-state index >= 15 is 0 Å². The van der Waals surface area contributed by atoms with Gasteiger partial charge in [-0.3, -0.25) is 9.59 Å². The number of nitrogens with zero attached hydrogens (tertiary/aromatic N) is 1. The lowest BCUT2D eigenvalue weighted by molar-refractivity contribution is -0.120. The third-order valence-electron chi connectivity index (χ3n) is 4.88. The normalized spacial score (nSPS) is 10.6. The largest absolute Gasteiger partial charge is 0.493 e. The molecule has 0 aliphatic carbocycles. The van der Waals surface area contributed by atoms with E-state index in [-0.39, 0.29) is 18.2 Å². The smallest absolute Gasteiger partial charge is 0.343 e. The number of amides is 2. The van der Waals surface area contributed by atoms with Crippen molar-refractivity contribution in [1.82, 2.24) is 10.7 Å². The Labute approximate surface area is 197 Å². The van der Waals surface area contributed by atoms with Gasteiger partial charge in [-0.1, -0.05) is 35.9 Å². The van der Waals surface area contributed by atoms with Crippen molar-refractivity contribution in [1.29, 1.82) is 0 Å². The summed E-state index contributed by atoms with van der Waals surface area (Å²) >= 11 is 0. The minimum absolute atomic E-state index is 0.221. The average molecular weight is 460 g/mol. The Morgan fingerprint density at radius 3 is 2.38 bits per heavy atom. The van der Waals surface area contributed by atoms with E-state index in [9.17, 15) is 14.4 Å². The number of hydrogen-bond donors (Lipinski definition) is 2. The fraction of sp³-hybridized carbons (Fsp3) is 0.154. The molecule has 3 rings (SSSR count). The van der Waals surface area contributed by atoms with E-state index in [1.165, 1.54) is 13.3 Å². The molecule has 0 saturated carbocycles. The minimum Gasteiger partial charge on any atom is -0.493 e. The van der Waals surface area contributed by atoms with Crippen LogP contribution in [0.1, 0.15) is 37.4 Å². The third-order valence-corrected chi connectivity index (χ3v) is 4.88. The van der Waals surface area contributed by atoms with Gasteiger partial charge in [0.25, 0.3) is 11.8 Å². The first-order valence-corrected chi connectivity index (χ1v) is 10.5. The predicted molar refractivity (Wildman–Crippen MR) is 128 cm³/mol. The standard InChI is InChI=1S/C26H25N3O5/c1-17-8-11-20(12-9-17)26(32)34-22-13-10-19(14-23(22)33-3)15-28-29-24(30)16-27-25(31)21-7-5-4-6-18(21)2/h4-15H,16H2,1-3H3,(H,27,31)(H,29,30)/b28-15+. The Morgan fingerprint density at radius 2 is 1.68 bits per heavy atom. The number of benzene rings is 3. The number of ether oxygens (including phenoxy) is 2. The van der Waals surface area contributed by atoms with Crippen molar-refractivity contribution in [3.63, 3.8) is 0 Å². The van der Waals surface area contributed by atoms with Gasteiger partial charge in [-0.15, -0.1) is 0 Å². The lowest BCUT2D eigenvalue weighted by Gasteiger charge is -2.10. The quantitative estimate of drug-likeness (QED) is 0.232. The molecular weight excluding hydrogens is 434 g/mol. The van der Waals surface area contributed by atoms with Crippen molar-refractivity contribution in [2.45, 2.75) is 13.8 Å². The molecule has 0 saturated heterocycles. The molecule has 0 radical (unpaired) electrons. The van der Waals surface area contributed by atoms with Crippen molar-refractivity contribution >= 4 is 24.0 Å². The first kappa shape index (κ1) is 24.2. The number of esters is 1. The summed E-state index contributed by atoms with van der Waals surface area (Å²) in [5.74, 6) is -0.722.